The molecule has 1 aromatic rings. The van der Waals surface area contributed by atoms with Crippen LogP contribution in [0, 0.1) is 0 Å². The van der Waals surface area contributed by atoms with E-state index in [9.17, 15) is 0 Å². The number of ether oxygens (including phenoxy) is 1. The van der Waals surface area contributed by atoms with Crippen molar-refractivity contribution in [2.24, 2.45) is 5.73 Å². The fourth-order valence-corrected chi connectivity index (χ4v) is 0.983. The van der Waals surface area contributed by atoms with Crippen LogP contribution in [-0.4, -0.2) is 22.8 Å². The Kier molecular flexibility index (Phi) is 3.25. The Balaban J connectivity index is 2.52. The van der Waals surface area contributed by atoms with Crippen LogP contribution in [0.3, 0.4) is 0 Å². The van der Waals surface area contributed by atoms with Gasteiger partial charge in [0.25, 0.3) is 0 Å². The van der Waals surface area contributed by atoms with Gasteiger partial charge in [-0.2, -0.15) is 0 Å². The predicted molar refractivity (Wildman–Crippen MR) is 46.6 cm³/mol. The number of aromatic nitrogens is 2. The van der Waals surface area contributed by atoms with Gasteiger partial charge in [0.05, 0.1) is 18.1 Å². The van der Waals surface area contributed by atoms with Crippen molar-refractivity contribution < 1.29 is 4.74 Å². The Hall–Kier alpha value is -0.870. The van der Waals surface area contributed by atoms with Crippen molar-refractivity contribution in [3.63, 3.8) is 0 Å². The highest BCUT2D eigenvalue weighted by Crippen LogP contribution is 1.98. The van der Waals surface area contributed by atoms with Crippen LogP contribution in [0.25, 0.3) is 0 Å². The second kappa shape index (κ2) is 4.23. The first-order chi connectivity index (χ1) is 5.76. The number of rotatable bonds is 4. The fraction of sp³-hybridized carbons (Fsp3) is 0.625. The standard InChI is InChI=1S/C8H15N3O/c1-7(12-2)4-11-5-8(3-9)10-6-11/h5-7H,3-4,9H2,1-2H3. The molecular formula is C8H15N3O. The first-order valence-corrected chi connectivity index (χ1v) is 3.99. The van der Waals surface area contributed by atoms with Crippen LogP contribution in [0.4, 0.5) is 0 Å². The molecule has 0 saturated heterocycles. The van der Waals surface area contributed by atoms with Crippen molar-refractivity contribution in [1.82, 2.24) is 9.55 Å². The normalized spacial score (nSPS) is 13.2. The molecule has 0 aliphatic heterocycles. The summed E-state index contributed by atoms with van der Waals surface area (Å²) in [4.78, 5) is 4.10. The maximum atomic E-state index is 5.42. The maximum absolute atomic E-state index is 5.42. The van der Waals surface area contributed by atoms with E-state index in [1.165, 1.54) is 0 Å². The van der Waals surface area contributed by atoms with Gasteiger partial charge in [-0.15, -0.1) is 0 Å². The molecule has 0 radical (unpaired) electrons. The highest BCUT2D eigenvalue weighted by molar-refractivity contribution is 4.95. The topological polar surface area (TPSA) is 53.1 Å². The van der Waals surface area contributed by atoms with Crippen molar-refractivity contribution in [2.45, 2.75) is 26.1 Å². The highest BCUT2D eigenvalue weighted by atomic mass is 16.5. The fourth-order valence-electron chi connectivity index (χ4n) is 0.983. The summed E-state index contributed by atoms with van der Waals surface area (Å²) in [5.74, 6) is 0. The van der Waals surface area contributed by atoms with E-state index in [2.05, 4.69) is 4.98 Å². The molecule has 1 heterocycles. The summed E-state index contributed by atoms with van der Waals surface area (Å²) in [6, 6.07) is 0. The molecule has 0 bridgehead atoms. The van der Waals surface area contributed by atoms with Crippen LogP contribution < -0.4 is 5.73 Å². The molecule has 4 nitrogen and oxygen atoms in total. The minimum atomic E-state index is 0.213. The van der Waals surface area contributed by atoms with E-state index in [0.717, 1.165) is 12.2 Å². The quantitative estimate of drug-likeness (QED) is 0.708. The van der Waals surface area contributed by atoms with Crippen molar-refractivity contribution in [1.29, 1.82) is 0 Å². The molecule has 0 aliphatic carbocycles. The lowest BCUT2D eigenvalue weighted by Gasteiger charge is -2.08. The molecule has 0 aliphatic rings. The summed E-state index contributed by atoms with van der Waals surface area (Å²) in [5.41, 5.74) is 6.33. The van der Waals surface area contributed by atoms with E-state index in [1.807, 2.05) is 17.7 Å². The highest BCUT2D eigenvalue weighted by Gasteiger charge is 2.01. The molecular weight excluding hydrogens is 154 g/mol. The summed E-state index contributed by atoms with van der Waals surface area (Å²) in [5, 5.41) is 0. The number of hydrogen-bond acceptors (Lipinski definition) is 3. The third-order valence-electron chi connectivity index (χ3n) is 1.77. The van der Waals surface area contributed by atoms with Crippen LogP contribution in [0.15, 0.2) is 12.5 Å². The average Bonchev–Trinajstić information content (AvgIpc) is 2.52. The van der Waals surface area contributed by atoms with Crippen molar-refractivity contribution >= 4 is 0 Å². The van der Waals surface area contributed by atoms with Crippen LogP contribution in [-0.2, 0) is 17.8 Å². The van der Waals surface area contributed by atoms with E-state index < -0.39 is 0 Å². The van der Waals surface area contributed by atoms with E-state index in [-0.39, 0.29) is 6.10 Å². The average molecular weight is 169 g/mol. The third kappa shape index (κ3) is 2.32. The zero-order valence-electron chi connectivity index (χ0n) is 7.53. The van der Waals surface area contributed by atoms with Crippen LogP contribution in [0.2, 0.25) is 0 Å². The minimum absolute atomic E-state index is 0.213. The number of nitrogens with zero attached hydrogens (tertiary/aromatic N) is 2. The number of hydrogen-bond donors (Lipinski definition) is 1. The van der Waals surface area contributed by atoms with Gasteiger partial charge in [0.1, 0.15) is 0 Å². The second-order valence-electron chi connectivity index (χ2n) is 2.81. The smallest absolute Gasteiger partial charge is 0.0950 e. The van der Waals surface area contributed by atoms with E-state index in [4.69, 9.17) is 10.5 Å². The van der Waals surface area contributed by atoms with Gasteiger partial charge in [0, 0.05) is 26.4 Å². The van der Waals surface area contributed by atoms with Crippen LogP contribution in [0.5, 0.6) is 0 Å². The molecule has 0 spiro atoms. The predicted octanol–water partition coefficient (Wildman–Crippen LogP) is 0.377. The largest absolute Gasteiger partial charge is 0.380 e. The summed E-state index contributed by atoms with van der Waals surface area (Å²) < 4.78 is 7.10. The molecule has 12 heavy (non-hydrogen) atoms. The first-order valence-electron chi connectivity index (χ1n) is 3.99. The lowest BCUT2D eigenvalue weighted by molar-refractivity contribution is 0.103. The molecule has 0 aromatic carbocycles. The van der Waals surface area contributed by atoms with Crippen molar-refractivity contribution in [3.05, 3.63) is 18.2 Å². The lowest BCUT2D eigenvalue weighted by Crippen LogP contribution is -2.13. The van der Waals surface area contributed by atoms with Gasteiger partial charge in [-0.3, -0.25) is 0 Å². The third-order valence-corrected chi connectivity index (χ3v) is 1.77. The molecule has 1 rings (SSSR count). The van der Waals surface area contributed by atoms with Gasteiger partial charge in [-0.1, -0.05) is 0 Å². The molecule has 2 N–H and O–H groups in total. The van der Waals surface area contributed by atoms with Gasteiger partial charge >= 0.3 is 0 Å². The molecule has 1 atom stereocenters. The van der Waals surface area contributed by atoms with Crippen LogP contribution >= 0.6 is 0 Å². The minimum Gasteiger partial charge on any atom is -0.380 e. The zero-order valence-corrected chi connectivity index (χ0v) is 7.53. The van der Waals surface area contributed by atoms with E-state index in [1.54, 1.807) is 13.4 Å². The van der Waals surface area contributed by atoms with E-state index in [0.29, 0.717) is 6.54 Å². The summed E-state index contributed by atoms with van der Waals surface area (Å²) in [6.07, 6.45) is 3.93. The van der Waals surface area contributed by atoms with E-state index >= 15 is 0 Å². The Morgan fingerprint density at radius 2 is 2.50 bits per heavy atom. The zero-order chi connectivity index (χ0) is 8.97. The summed E-state index contributed by atoms with van der Waals surface area (Å²) >= 11 is 0. The molecule has 0 fully saturated rings. The molecule has 0 saturated carbocycles. The number of methoxy groups -OCH3 is 1. The van der Waals surface area contributed by atoms with Gasteiger partial charge in [-0.05, 0) is 6.92 Å². The SMILES string of the molecule is COC(C)Cn1cnc(CN)c1. The molecule has 68 valence electrons. The maximum Gasteiger partial charge on any atom is 0.0950 e. The Morgan fingerprint density at radius 3 is 3.00 bits per heavy atom. The Bertz CT molecular complexity index is 234. The molecule has 0 amide bonds. The van der Waals surface area contributed by atoms with Gasteiger partial charge in [0.15, 0.2) is 0 Å². The molecule has 1 aromatic heterocycles. The van der Waals surface area contributed by atoms with Gasteiger partial charge in [0.2, 0.25) is 0 Å². The number of imidazole rings is 1. The Labute approximate surface area is 72.3 Å². The number of nitrogens with two attached hydrogens (primary N) is 1. The van der Waals surface area contributed by atoms with Crippen molar-refractivity contribution in [2.75, 3.05) is 7.11 Å². The van der Waals surface area contributed by atoms with Crippen LogP contribution in [0.1, 0.15) is 12.6 Å². The second-order valence-corrected chi connectivity index (χ2v) is 2.81. The monoisotopic (exact) mass is 169 g/mol. The van der Waals surface area contributed by atoms with Crippen molar-refractivity contribution in [3.8, 4) is 0 Å². The summed E-state index contributed by atoms with van der Waals surface area (Å²) in [6.45, 7) is 3.33. The van der Waals surface area contributed by atoms with Gasteiger partial charge in [-0.25, -0.2) is 4.98 Å². The first kappa shape index (κ1) is 9.22. The molecule has 1 unspecified atom stereocenters. The van der Waals surface area contributed by atoms with Gasteiger partial charge < -0.3 is 15.0 Å². The molecule has 4 heteroatoms. The Morgan fingerprint density at radius 1 is 1.75 bits per heavy atom. The summed E-state index contributed by atoms with van der Waals surface area (Å²) in [7, 11) is 1.70. The lowest BCUT2D eigenvalue weighted by atomic mass is 10.4.